The predicted molar refractivity (Wildman–Crippen MR) is 110 cm³/mol. The van der Waals surface area contributed by atoms with Crippen LogP contribution in [0, 0.1) is 13.8 Å². The third-order valence-electron chi connectivity index (χ3n) is 5.06. The quantitative estimate of drug-likeness (QED) is 0.406. The van der Waals surface area contributed by atoms with Crippen LogP contribution in [0.5, 0.6) is 5.75 Å². The minimum Gasteiger partial charge on any atom is -0.489 e. The van der Waals surface area contributed by atoms with Crippen molar-refractivity contribution in [3.8, 4) is 5.75 Å². The number of aromatic nitrogens is 4. The van der Waals surface area contributed by atoms with Crippen LogP contribution < -0.4 is 15.9 Å². The largest absolute Gasteiger partial charge is 0.489 e. The maximum Gasteiger partial charge on any atom is 0.268 e. The molecular weight excluding hydrogens is 368 g/mol. The zero-order valence-electron chi connectivity index (χ0n) is 16.2. The van der Waals surface area contributed by atoms with Crippen molar-refractivity contribution in [1.82, 2.24) is 20.4 Å². The molecule has 4 N–H and O–H groups in total. The molecule has 4 rings (SSSR count). The molecule has 0 saturated heterocycles. The number of aryl methyl sites for hydroxylation is 2. The number of hydrogen-bond acceptors (Lipinski definition) is 3. The Labute approximate surface area is 166 Å². The van der Waals surface area contributed by atoms with Crippen LogP contribution in [-0.2, 0) is 6.61 Å². The smallest absolute Gasteiger partial charge is 0.268 e. The van der Waals surface area contributed by atoms with Gasteiger partial charge in [-0.05, 0) is 37.1 Å². The lowest BCUT2D eigenvalue weighted by atomic mass is 9.85. The van der Waals surface area contributed by atoms with E-state index in [0.717, 1.165) is 16.9 Å². The Kier molecular flexibility index (Phi) is 4.95. The summed E-state index contributed by atoms with van der Waals surface area (Å²) in [7, 11) is 0. The molecule has 0 amide bonds. The van der Waals surface area contributed by atoms with Gasteiger partial charge in [0.05, 0.1) is 11.1 Å². The molecule has 0 fully saturated rings. The third-order valence-corrected chi connectivity index (χ3v) is 5.06. The Bertz CT molecular complexity index is 1160. The van der Waals surface area contributed by atoms with Crippen molar-refractivity contribution in [2.45, 2.75) is 26.4 Å². The molecule has 0 unspecified atom stereocenters. The van der Waals surface area contributed by atoms with E-state index in [1.807, 2.05) is 68.4 Å². The Morgan fingerprint density at radius 3 is 1.79 bits per heavy atom. The van der Waals surface area contributed by atoms with E-state index < -0.39 is 5.92 Å². The van der Waals surface area contributed by atoms with Gasteiger partial charge in [0.2, 0.25) is 0 Å². The van der Waals surface area contributed by atoms with Gasteiger partial charge in [0, 0.05) is 17.3 Å². The van der Waals surface area contributed by atoms with Crippen LogP contribution in [0.4, 0.5) is 0 Å². The summed E-state index contributed by atoms with van der Waals surface area (Å²) in [5.41, 5.74) is 3.88. The van der Waals surface area contributed by atoms with Crippen LogP contribution >= 0.6 is 0 Å². The Hall–Kier alpha value is -3.74. The van der Waals surface area contributed by atoms with Crippen LogP contribution in [0.1, 0.15) is 39.6 Å². The second kappa shape index (κ2) is 7.71. The van der Waals surface area contributed by atoms with Crippen LogP contribution in [0.25, 0.3) is 0 Å². The standard InChI is InChI=1S/C22H22N4O3/c1-13-18(21(27)25-23-13)20(19-14(2)24-26-22(19)28)16-8-10-17(11-9-16)29-12-15-6-4-3-5-7-15/h3-11,20H,12H2,1-2H3,(H2,23,25,27)(H2,24,26,28). The van der Waals surface area contributed by atoms with Gasteiger partial charge in [-0.1, -0.05) is 42.5 Å². The third kappa shape index (κ3) is 3.67. The number of aromatic amines is 4. The minimum absolute atomic E-state index is 0.239. The van der Waals surface area contributed by atoms with E-state index in [-0.39, 0.29) is 11.1 Å². The molecule has 0 saturated carbocycles. The van der Waals surface area contributed by atoms with Crippen molar-refractivity contribution >= 4 is 0 Å². The number of H-pyrrole nitrogens is 4. The van der Waals surface area contributed by atoms with Crippen LogP contribution in [-0.4, -0.2) is 20.4 Å². The highest BCUT2D eigenvalue weighted by molar-refractivity contribution is 5.45. The number of benzene rings is 2. The summed E-state index contributed by atoms with van der Waals surface area (Å²) in [6, 6.07) is 17.4. The Morgan fingerprint density at radius 2 is 1.31 bits per heavy atom. The molecule has 2 aromatic heterocycles. The first-order chi connectivity index (χ1) is 14.0. The van der Waals surface area contributed by atoms with Gasteiger partial charge in [0.15, 0.2) is 0 Å². The van der Waals surface area contributed by atoms with E-state index in [4.69, 9.17) is 4.74 Å². The van der Waals surface area contributed by atoms with E-state index in [2.05, 4.69) is 20.4 Å². The topological polar surface area (TPSA) is 107 Å². The highest BCUT2D eigenvalue weighted by atomic mass is 16.5. The van der Waals surface area contributed by atoms with Crippen molar-refractivity contribution in [3.05, 3.63) is 109 Å². The second-order valence-electron chi connectivity index (χ2n) is 7.01. The molecule has 2 heterocycles. The molecule has 0 aliphatic carbocycles. The van der Waals surface area contributed by atoms with Gasteiger partial charge >= 0.3 is 0 Å². The number of hydrogen-bond donors (Lipinski definition) is 4. The van der Waals surface area contributed by atoms with Crippen molar-refractivity contribution in [3.63, 3.8) is 0 Å². The van der Waals surface area contributed by atoms with Gasteiger partial charge in [0.1, 0.15) is 12.4 Å². The molecule has 7 nitrogen and oxygen atoms in total. The summed E-state index contributed by atoms with van der Waals surface area (Å²) < 4.78 is 5.85. The summed E-state index contributed by atoms with van der Waals surface area (Å²) in [4.78, 5) is 24.9. The minimum atomic E-state index is -0.497. The van der Waals surface area contributed by atoms with Crippen LogP contribution in [0.3, 0.4) is 0 Å². The van der Waals surface area contributed by atoms with E-state index in [1.54, 1.807) is 0 Å². The van der Waals surface area contributed by atoms with Gasteiger partial charge < -0.3 is 14.9 Å². The van der Waals surface area contributed by atoms with Crippen LogP contribution in [0.2, 0.25) is 0 Å². The first-order valence-electron chi connectivity index (χ1n) is 9.35. The van der Waals surface area contributed by atoms with Gasteiger partial charge in [-0.25, -0.2) is 0 Å². The van der Waals surface area contributed by atoms with E-state index in [9.17, 15) is 9.59 Å². The summed E-state index contributed by atoms with van der Waals surface area (Å²) in [5.74, 6) is 0.221. The number of ether oxygens (including phenoxy) is 1. The lowest BCUT2D eigenvalue weighted by Crippen LogP contribution is -2.20. The first kappa shape index (κ1) is 18.6. The zero-order chi connectivity index (χ0) is 20.4. The second-order valence-corrected chi connectivity index (χ2v) is 7.01. The van der Waals surface area contributed by atoms with Crippen molar-refractivity contribution in [2.24, 2.45) is 0 Å². The lowest BCUT2D eigenvalue weighted by molar-refractivity contribution is 0.306. The highest BCUT2D eigenvalue weighted by Crippen LogP contribution is 2.32. The van der Waals surface area contributed by atoms with Gasteiger partial charge in [-0.3, -0.25) is 19.8 Å². The van der Waals surface area contributed by atoms with E-state index in [0.29, 0.717) is 29.1 Å². The Balaban J connectivity index is 1.69. The SMILES string of the molecule is Cc1[nH][nH]c(=O)c1C(c1ccc(OCc2ccccc2)cc1)c1c(C)[nH][nH]c1=O. The first-order valence-corrected chi connectivity index (χ1v) is 9.35. The van der Waals surface area contributed by atoms with Crippen molar-refractivity contribution < 1.29 is 4.74 Å². The van der Waals surface area contributed by atoms with E-state index >= 15 is 0 Å². The molecule has 0 bridgehead atoms. The average molecular weight is 390 g/mol. The van der Waals surface area contributed by atoms with E-state index in [1.165, 1.54) is 0 Å². The molecule has 0 aliphatic heterocycles. The number of nitrogens with one attached hydrogen (secondary N) is 4. The molecule has 7 heteroatoms. The normalized spacial score (nSPS) is 11.1. The van der Waals surface area contributed by atoms with Crippen molar-refractivity contribution in [2.75, 3.05) is 0 Å². The fourth-order valence-electron chi connectivity index (χ4n) is 3.58. The summed E-state index contributed by atoms with van der Waals surface area (Å²) >= 11 is 0. The van der Waals surface area contributed by atoms with Gasteiger partial charge in [-0.2, -0.15) is 0 Å². The molecule has 0 aliphatic rings. The molecule has 148 valence electrons. The molecule has 4 aromatic rings. The van der Waals surface area contributed by atoms with Crippen molar-refractivity contribution in [1.29, 1.82) is 0 Å². The maximum absolute atomic E-state index is 12.5. The van der Waals surface area contributed by atoms with Crippen LogP contribution in [0.15, 0.2) is 64.2 Å². The molecule has 2 aromatic carbocycles. The highest BCUT2D eigenvalue weighted by Gasteiger charge is 2.27. The lowest BCUT2D eigenvalue weighted by Gasteiger charge is -2.16. The summed E-state index contributed by atoms with van der Waals surface area (Å²) in [6.07, 6.45) is 0. The monoisotopic (exact) mass is 390 g/mol. The van der Waals surface area contributed by atoms with Gasteiger partial charge in [-0.15, -0.1) is 0 Å². The molecule has 0 radical (unpaired) electrons. The molecular formula is C22H22N4O3. The van der Waals surface area contributed by atoms with Gasteiger partial charge in [0.25, 0.3) is 11.1 Å². The summed E-state index contributed by atoms with van der Waals surface area (Å²) in [6.45, 7) is 4.10. The predicted octanol–water partition coefficient (Wildman–Crippen LogP) is 3.10. The summed E-state index contributed by atoms with van der Waals surface area (Å²) in [5, 5.41) is 10.9. The molecule has 0 spiro atoms. The molecule has 0 atom stereocenters. The fraction of sp³-hybridized carbons (Fsp3) is 0.182. The fourth-order valence-corrected chi connectivity index (χ4v) is 3.58. The molecule has 29 heavy (non-hydrogen) atoms. The average Bonchev–Trinajstić information content (AvgIpc) is 3.25. The number of rotatable bonds is 6. The maximum atomic E-state index is 12.5. The zero-order valence-corrected chi connectivity index (χ0v) is 16.2. The Morgan fingerprint density at radius 1 is 0.759 bits per heavy atom.